The van der Waals surface area contributed by atoms with Crippen LogP contribution < -0.4 is 16.8 Å². The van der Waals surface area contributed by atoms with Gasteiger partial charge in [0.25, 0.3) is 17.7 Å². The van der Waals surface area contributed by atoms with E-state index in [9.17, 15) is 14.4 Å². The van der Waals surface area contributed by atoms with Crippen LogP contribution in [0.15, 0.2) is 39.4 Å². The summed E-state index contributed by atoms with van der Waals surface area (Å²) >= 11 is 0.756. The van der Waals surface area contributed by atoms with Gasteiger partial charge < -0.3 is 30.5 Å². The SMILES string of the molecule is Cc1ccc(C(C(=O)NC2CCCC2)N(Cc2ccco2)C(=O)c2snc(C(N)=O)c2N)o1. The van der Waals surface area contributed by atoms with Crippen molar-refractivity contribution in [1.29, 1.82) is 0 Å². The van der Waals surface area contributed by atoms with Crippen LogP contribution in [0.2, 0.25) is 0 Å². The number of nitrogens with one attached hydrogen (secondary N) is 1. The molecule has 1 unspecified atom stereocenters. The Morgan fingerprint density at radius 1 is 1.27 bits per heavy atom. The second-order valence-corrected chi connectivity index (χ2v) is 8.76. The zero-order chi connectivity index (χ0) is 23.5. The minimum Gasteiger partial charge on any atom is -0.467 e. The summed E-state index contributed by atoms with van der Waals surface area (Å²) < 4.78 is 15.2. The van der Waals surface area contributed by atoms with Crippen molar-refractivity contribution in [1.82, 2.24) is 14.6 Å². The third kappa shape index (κ3) is 4.77. The number of furan rings is 2. The molecule has 0 radical (unpaired) electrons. The van der Waals surface area contributed by atoms with Gasteiger partial charge >= 0.3 is 0 Å². The zero-order valence-electron chi connectivity index (χ0n) is 18.1. The quantitative estimate of drug-likeness (QED) is 0.456. The molecule has 3 aromatic rings. The van der Waals surface area contributed by atoms with Crippen LogP contribution in [-0.4, -0.2) is 33.0 Å². The van der Waals surface area contributed by atoms with Crippen LogP contribution in [0.5, 0.6) is 0 Å². The molecule has 33 heavy (non-hydrogen) atoms. The predicted molar refractivity (Wildman–Crippen MR) is 120 cm³/mol. The van der Waals surface area contributed by atoms with Crippen molar-refractivity contribution in [3.8, 4) is 0 Å². The molecule has 0 aromatic carbocycles. The van der Waals surface area contributed by atoms with E-state index >= 15 is 0 Å². The number of amides is 3. The first-order chi connectivity index (χ1) is 15.8. The van der Waals surface area contributed by atoms with Crippen LogP contribution in [0, 0.1) is 6.92 Å². The minimum atomic E-state index is -1.09. The van der Waals surface area contributed by atoms with Gasteiger partial charge in [0.1, 0.15) is 22.2 Å². The summed E-state index contributed by atoms with van der Waals surface area (Å²) in [6, 6.07) is 5.73. The van der Waals surface area contributed by atoms with Gasteiger partial charge in [-0.1, -0.05) is 12.8 Å². The average Bonchev–Trinajstić information content (AvgIpc) is 3.56. The normalized spacial score (nSPS) is 14.8. The number of hydrogen-bond acceptors (Lipinski definition) is 8. The molecular weight excluding hydrogens is 446 g/mol. The molecule has 3 heterocycles. The van der Waals surface area contributed by atoms with Crippen molar-refractivity contribution in [2.24, 2.45) is 5.73 Å². The molecule has 3 amide bonds. The number of primary amides is 1. The van der Waals surface area contributed by atoms with Gasteiger partial charge in [-0.2, -0.15) is 4.37 Å². The van der Waals surface area contributed by atoms with Gasteiger partial charge in [0.15, 0.2) is 11.7 Å². The maximum atomic E-state index is 13.7. The van der Waals surface area contributed by atoms with Gasteiger partial charge in [-0.15, -0.1) is 0 Å². The van der Waals surface area contributed by atoms with E-state index in [1.54, 1.807) is 31.2 Å². The Morgan fingerprint density at radius 3 is 2.61 bits per heavy atom. The molecule has 0 saturated heterocycles. The monoisotopic (exact) mass is 471 g/mol. The molecule has 11 heteroatoms. The van der Waals surface area contributed by atoms with E-state index < -0.39 is 17.9 Å². The average molecular weight is 472 g/mol. The molecule has 4 rings (SSSR count). The molecule has 1 aliphatic rings. The minimum absolute atomic E-state index is 0.0114. The van der Waals surface area contributed by atoms with Crippen molar-refractivity contribution < 1.29 is 23.2 Å². The first kappa shape index (κ1) is 22.6. The van der Waals surface area contributed by atoms with Crippen LogP contribution in [0.3, 0.4) is 0 Å². The number of carbonyl (C=O) groups is 3. The standard InChI is InChI=1S/C22H25N5O5S/c1-12-8-9-15(32-12)18(21(29)25-13-5-2-3-6-13)27(11-14-7-4-10-31-14)22(30)19-16(23)17(20(24)28)26-33-19/h4,7-10,13,18H,2-3,5-6,11,23H2,1H3,(H2,24,28)(H,25,29). The fourth-order valence-electron chi connectivity index (χ4n) is 3.99. The first-order valence-electron chi connectivity index (χ1n) is 10.6. The summed E-state index contributed by atoms with van der Waals surface area (Å²) in [6.07, 6.45) is 5.32. The molecule has 1 saturated carbocycles. The van der Waals surface area contributed by atoms with E-state index in [0.717, 1.165) is 37.2 Å². The second kappa shape index (κ2) is 9.49. The highest BCUT2D eigenvalue weighted by atomic mass is 32.1. The Balaban J connectivity index is 1.75. The molecule has 0 bridgehead atoms. The maximum Gasteiger partial charge on any atom is 0.270 e. The summed E-state index contributed by atoms with van der Waals surface area (Å²) in [7, 11) is 0. The number of carbonyl (C=O) groups excluding carboxylic acids is 3. The van der Waals surface area contributed by atoms with Crippen molar-refractivity contribution >= 4 is 34.9 Å². The van der Waals surface area contributed by atoms with Gasteiger partial charge in [0.05, 0.1) is 18.5 Å². The molecule has 0 spiro atoms. The summed E-state index contributed by atoms with van der Waals surface area (Å²) in [4.78, 5) is 40.1. The third-order valence-electron chi connectivity index (χ3n) is 5.61. The Labute approximate surface area is 194 Å². The van der Waals surface area contributed by atoms with Crippen molar-refractivity contribution in [3.63, 3.8) is 0 Å². The second-order valence-electron chi connectivity index (χ2n) is 7.99. The lowest BCUT2D eigenvalue weighted by Crippen LogP contribution is -2.45. The number of aromatic nitrogens is 1. The summed E-state index contributed by atoms with van der Waals surface area (Å²) in [6.45, 7) is 1.73. The van der Waals surface area contributed by atoms with Crippen molar-refractivity contribution in [2.75, 3.05) is 5.73 Å². The van der Waals surface area contributed by atoms with E-state index in [1.807, 2.05) is 0 Å². The van der Waals surface area contributed by atoms with Gasteiger partial charge in [-0.3, -0.25) is 14.4 Å². The number of aryl methyl sites for hydroxylation is 1. The number of rotatable bonds is 8. The summed E-state index contributed by atoms with van der Waals surface area (Å²) in [5.74, 6) is -0.423. The first-order valence-corrected chi connectivity index (χ1v) is 11.4. The fraction of sp³-hybridized carbons (Fsp3) is 0.364. The summed E-state index contributed by atoms with van der Waals surface area (Å²) in [5.41, 5.74) is 11.0. The number of anilines is 1. The number of hydrogen-bond donors (Lipinski definition) is 3. The Bertz CT molecular complexity index is 1150. The maximum absolute atomic E-state index is 13.7. The summed E-state index contributed by atoms with van der Waals surface area (Å²) in [5, 5.41) is 3.05. The number of nitrogen functional groups attached to an aromatic ring is 1. The lowest BCUT2D eigenvalue weighted by molar-refractivity contribution is -0.127. The number of nitrogens with zero attached hydrogens (tertiary/aromatic N) is 2. The molecule has 3 aromatic heterocycles. The topological polar surface area (TPSA) is 158 Å². The molecule has 1 aliphatic carbocycles. The van der Waals surface area contributed by atoms with Crippen LogP contribution >= 0.6 is 11.5 Å². The van der Waals surface area contributed by atoms with Crippen LogP contribution in [-0.2, 0) is 11.3 Å². The van der Waals surface area contributed by atoms with E-state index in [1.165, 1.54) is 11.2 Å². The fourth-order valence-corrected chi connectivity index (χ4v) is 4.75. The van der Waals surface area contributed by atoms with Gasteiger partial charge in [0.2, 0.25) is 0 Å². The van der Waals surface area contributed by atoms with Crippen molar-refractivity contribution in [2.45, 2.75) is 51.2 Å². The third-order valence-corrected chi connectivity index (χ3v) is 6.47. The molecule has 174 valence electrons. The van der Waals surface area contributed by atoms with Gasteiger partial charge in [-0.05, 0) is 55.6 Å². The Kier molecular flexibility index (Phi) is 6.50. The van der Waals surface area contributed by atoms with Crippen LogP contribution in [0.4, 0.5) is 5.69 Å². The molecular formula is C22H25N5O5S. The highest BCUT2D eigenvalue weighted by Crippen LogP contribution is 2.31. The zero-order valence-corrected chi connectivity index (χ0v) is 18.9. The molecule has 1 fully saturated rings. The lowest BCUT2D eigenvalue weighted by Gasteiger charge is -2.30. The van der Waals surface area contributed by atoms with E-state index in [4.69, 9.17) is 20.3 Å². The smallest absolute Gasteiger partial charge is 0.270 e. The van der Waals surface area contributed by atoms with Crippen LogP contribution in [0.1, 0.15) is 69.2 Å². The van der Waals surface area contributed by atoms with Gasteiger partial charge in [-0.25, -0.2) is 0 Å². The van der Waals surface area contributed by atoms with E-state index in [-0.39, 0.29) is 34.8 Å². The van der Waals surface area contributed by atoms with E-state index in [2.05, 4.69) is 9.69 Å². The highest BCUT2D eigenvalue weighted by Gasteiger charge is 2.38. The largest absolute Gasteiger partial charge is 0.467 e. The highest BCUT2D eigenvalue weighted by molar-refractivity contribution is 7.09. The molecule has 1 atom stereocenters. The Morgan fingerprint density at radius 2 is 2.03 bits per heavy atom. The predicted octanol–water partition coefficient (Wildman–Crippen LogP) is 2.76. The molecule has 10 nitrogen and oxygen atoms in total. The van der Waals surface area contributed by atoms with Gasteiger partial charge in [0, 0.05) is 6.04 Å². The van der Waals surface area contributed by atoms with E-state index in [0.29, 0.717) is 17.3 Å². The van der Waals surface area contributed by atoms with Crippen LogP contribution in [0.25, 0.3) is 0 Å². The molecule has 5 N–H and O–H groups in total. The Hall–Kier alpha value is -3.60. The molecule has 0 aliphatic heterocycles. The number of nitrogens with two attached hydrogens (primary N) is 2. The lowest BCUT2D eigenvalue weighted by atomic mass is 10.1. The van der Waals surface area contributed by atoms with Crippen molar-refractivity contribution in [3.05, 3.63) is 58.4 Å².